The van der Waals surface area contributed by atoms with Gasteiger partial charge in [-0.1, -0.05) is 6.92 Å². The molecule has 14 heavy (non-hydrogen) atoms. The predicted octanol–water partition coefficient (Wildman–Crippen LogP) is 2.32. The maximum absolute atomic E-state index is 12.0. The van der Waals surface area contributed by atoms with Crippen LogP contribution in [0.2, 0.25) is 0 Å². The Balaban J connectivity index is 2.69. The van der Waals surface area contributed by atoms with E-state index in [4.69, 9.17) is 0 Å². The lowest BCUT2D eigenvalue weighted by atomic mass is 10.1. The van der Waals surface area contributed by atoms with Crippen LogP contribution in [-0.4, -0.2) is 40.5 Å². The van der Waals surface area contributed by atoms with Crippen LogP contribution in [-0.2, 0) is 0 Å². The third-order valence-corrected chi connectivity index (χ3v) is 2.97. The van der Waals surface area contributed by atoms with Gasteiger partial charge in [-0.2, -0.15) is 0 Å². The quantitative estimate of drug-likeness (QED) is 0.668. The number of nitrogens with zero attached hydrogens (tertiary/aromatic N) is 2. The zero-order valence-corrected chi connectivity index (χ0v) is 10.0. The summed E-state index contributed by atoms with van der Waals surface area (Å²) in [6, 6.07) is 0.571. The van der Waals surface area contributed by atoms with Gasteiger partial charge in [-0.05, 0) is 34.1 Å². The van der Waals surface area contributed by atoms with E-state index in [9.17, 15) is 4.79 Å². The molecule has 1 atom stereocenters. The predicted molar refractivity (Wildman–Crippen MR) is 58.3 cm³/mol. The molecule has 1 aliphatic rings. The summed E-state index contributed by atoms with van der Waals surface area (Å²) in [5.74, 6) is 0. The molecule has 0 bridgehead atoms. The highest BCUT2D eigenvalue weighted by atomic mass is 16.2. The van der Waals surface area contributed by atoms with Crippen LogP contribution in [0, 0.1) is 0 Å². The number of amides is 2. The Kier molecular flexibility index (Phi) is 3.07. The van der Waals surface area contributed by atoms with Crippen molar-refractivity contribution in [3.05, 3.63) is 0 Å². The first kappa shape index (κ1) is 11.3. The van der Waals surface area contributed by atoms with Crippen LogP contribution in [0.5, 0.6) is 0 Å². The fourth-order valence-electron chi connectivity index (χ4n) is 1.81. The first-order valence-electron chi connectivity index (χ1n) is 5.46. The van der Waals surface area contributed by atoms with Gasteiger partial charge in [0.2, 0.25) is 0 Å². The summed E-state index contributed by atoms with van der Waals surface area (Å²) in [5, 5.41) is 0. The average Bonchev–Trinajstić information content (AvgIpc) is 2.45. The standard InChI is InChI=1S/C11H22N2O/c1-6-9(2)12-7-8-13(10(12)14)11(3,4)5/h9H,6-8H2,1-5H3. The van der Waals surface area contributed by atoms with Crippen molar-refractivity contribution < 1.29 is 4.79 Å². The van der Waals surface area contributed by atoms with Crippen LogP contribution in [0.3, 0.4) is 0 Å². The van der Waals surface area contributed by atoms with E-state index < -0.39 is 0 Å². The molecule has 0 N–H and O–H groups in total. The van der Waals surface area contributed by atoms with E-state index in [0.29, 0.717) is 6.04 Å². The molecule has 0 radical (unpaired) electrons. The summed E-state index contributed by atoms with van der Waals surface area (Å²) in [7, 11) is 0. The van der Waals surface area contributed by atoms with E-state index in [2.05, 4.69) is 34.6 Å². The Bertz CT molecular complexity index is 220. The largest absolute Gasteiger partial charge is 0.320 e. The summed E-state index contributed by atoms with van der Waals surface area (Å²) in [6.07, 6.45) is 1.03. The highest BCUT2D eigenvalue weighted by molar-refractivity contribution is 5.77. The molecule has 1 fully saturated rings. The molecule has 0 aromatic heterocycles. The minimum Gasteiger partial charge on any atom is -0.320 e. The van der Waals surface area contributed by atoms with Crippen molar-refractivity contribution in [2.45, 2.75) is 52.6 Å². The van der Waals surface area contributed by atoms with Crippen molar-refractivity contribution in [3.8, 4) is 0 Å². The summed E-state index contributed by atoms with van der Waals surface area (Å²) >= 11 is 0. The highest BCUT2D eigenvalue weighted by Gasteiger charge is 2.36. The Morgan fingerprint density at radius 2 is 1.93 bits per heavy atom. The molecule has 0 aromatic carbocycles. The summed E-state index contributed by atoms with van der Waals surface area (Å²) in [6.45, 7) is 12.3. The minimum atomic E-state index is -0.0424. The van der Waals surface area contributed by atoms with Gasteiger partial charge >= 0.3 is 6.03 Å². The highest BCUT2D eigenvalue weighted by Crippen LogP contribution is 2.22. The van der Waals surface area contributed by atoms with Crippen LogP contribution in [0.15, 0.2) is 0 Å². The second kappa shape index (κ2) is 3.79. The summed E-state index contributed by atoms with van der Waals surface area (Å²) in [4.78, 5) is 15.9. The van der Waals surface area contributed by atoms with Crippen molar-refractivity contribution in [2.24, 2.45) is 0 Å². The van der Waals surface area contributed by atoms with Crippen molar-refractivity contribution in [1.29, 1.82) is 0 Å². The van der Waals surface area contributed by atoms with Crippen LogP contribution < -0.4 is 0 Å². The van der Waals surface area contributed by atoms with Gasteiger partial charge in [-0.25, -0.2) is 4.79 Å². The van der Waals surface area contributed by atoms with E-state index in [0.717, 1.165) is 19.5 Å². The first-order valence-corrected chi connectivity index (χ1v) is 5.46. The molecular weight excluding hydrogens is 176 g/mol. The number of urea groups is 1. The molecule has 0 aliphatic carbocycles. The zero-order chi connectivity index (χ0) is 10.9. The molecule has 0 aromatic rings. The van der Waals surface area contributed by atoms with Gasteiger partial charge in [0.1, 0.15) is 0 Å². The minimum absolute atomic E-state index is 0.0424. The molecule has 1 unspecified atom stereocenters. The Labute approximate surface area is 87.1 Å². The van der Waals surface area contributed by atoms with Gasteiger partial charge in [-0.15, -0.1) is 0 Å². The lowest BCUT2D eigenvalue weighted by Crippen LogP contribution is -2.45. The third-order valence-electron chi connectivity index (χ3n) is 2.97. The second-order valence-electron chi connectivity index (χ2n) is 5.06. The Hall–Kier alpha value is -0.730. The molecule has 2 amide bonds. The molecule has 1 rings (SSSR count). The summed E-state index contributed by atoms with van der Waals surface area (Å²) < 4.78 is 0. The van der Waals surface area contributed by atoms with Gasteiger partial charge in [0.05, 0.1) is 0 Å². The van der Waals surface area contributed by atoms with Crippen LogP contribution in [0.25, 0.3) is 0 Å². The molecule has 3 nitrogen and oxygen atoms in total. The van der Waals surface area contributed by atoms with Crippen LogP contribution >= 0.6 is 0 Å². The van der Waals surface area contributed by atoms with Crippen molar-refractivity contribution in [3.63, 3.8) is 0 Å². The fourth-order valence-corrected chi connectivity index (χ4v) is 1.81. The number of carbonyl (C=O) groups is 1. The Morgan fingerprint density at radius 3 is 2.29 bits per heavy atom. The van der Waals surface area contributed by atoms with E-state index >= 15 is 0 Å². The molecule has 1 heterocycles. The molecule has 1 saturated heterocycles. The molecule has 0 spiro atoms. The van der Waals surface area contributed by atoms with E-state index in [1.54, 1.807) is 0 Å². The lowest BCUT2D eigenvalue weighted by Gasteiger charge is -2.32. The van der Waals surface area contributed by atoms with Gasteiger partial charge < -0.3 is 9.80 Å². The number of carbonyl (C=O) groups excluding carboxylic acids is 1. The first-order chi connectivity index (χ1) is 6.38. The molecule has 1 aliphatic heterocycles. The van der Waals surface area contributed by atoms with Gasteiger partial charge in [0.25, 0.3) is 0 Å². The van der Waals surface area contributed by atoms with E-state index in [-0.39, 0.29) is 11.6 Å². The van der Waals surface area contributed by atoms with Gasteiger partial charge in [0, 0.05) is 24.7 Å². The number of hydrogen-bond acceptors (Lipinski definition) is 1. The normalized spacial score (nSPS) is 20.5. The monoisotopic (exact) mass is 198 g/mol. The third kappa shape index (κ3) is 2.02. The maximum Gasteiger partial charge on any atom is 0.320 e. The molecule has 3 heteroatoms. The van der Waals surface area contributed by atoms with Crippen molar-refractivity contribution >= 4 is 6.03 Å². The smallest absolute Gasteiger partial charge is 0.320 e. The number of hydrogen-bond donors (Lipinski definition) is 0. The molecular formula is C11H22N2O. The van der Waals surface area contributed by atoms with Crippen LogP contribution in [0.1, 0.15) is 41.0 Å². The lowest BCUT2D eigenvalue weighted by molar-refractivity contribution is 0.148. The molecule has 0 saturated carbocycles. The maximum atomic E-state index is 12.0. The topological polar surface area (TPSA) is 23.6 Å². The van der Waals surface area contributed by atoms with Crippen molar-refractivity contribution in [2.75, 3.05) is 13.1 Å². The van der Waals surface area contributed by atoms with Crippen LogP contribution in [0.4, 0.5) is 4.79 Å². The second-order valence-corrected chi connectivity index (χ2v) is 5.06. The van der Waals surface area contributed by atoms with Crippen molar-refractivity contribution in [1.82, 2.24) is 9.80 Å². The van der Waals surface area contributed by atoms with E-state index in [1.165, 1.54) is 0 Å². The Morgan fingerprint density at radius 1 is 1.36 bits per heavy atom. The fraction of sp³-hybridized carbons (Fsp3) is 0.909. The number of rotatable bonds is 2. The van der Waals surface area contributed by atoms with Gasteiger partial charge in [0.15, 0.2) is 0 Å². The average molecular weight is 198 g/mol. The van der Waals surface area contributed by atoms with Gasteiger partial charge in [-0.3, -0.25) is 0 Å². The van der Waals surface area contributed by atoms with E-state index in [1.807, 2.05) is 9.80 Å². The SMILES string of the molecule is CCC(C)N1CCN(C(C)(C)C)C1=O. The summed E-state index contributed by atoms with van der Waals surface area (Å²) in [5.41, 5.74) is -0.0424. The molecule has 82 valence electrons. The zero-order valence-electron chi connectivity index (χ0n) is 10.0.